The smallest absolute Gasteiger partial charge is 0.332 e. The van der Waals surface area contributed by atoms with Crippen LogP contribution in [0.1, 0.15) is 23.6 Å². The van der Waals surface area contributed by atoms with Gasteiger partial charge in [-0.05, 0) is 0 Å². The van der Waals surface area contributed by atoms with E-state index in [1.807, 2.05) is 0 Å². The summed E-state index contributed by atoms with van der Waals surface area (Å²) < 4.78 is 37.0. The third-order valence-electron chi connectivity index (χ3n) is 1.44. The number of carbonyl (C=O) groups is 2. The second-order valence-corrected chi connectivity index (χ2v) is 2.48. The van der Waals surface area contributed by atoms with Gasteiger partial charge in [0.05, 0.1) is 6.85 Å². The molecule has 4 heteroatoms. The van der Waals surface area contributed by atoms with Crippen LogP contribution in [0.3, 0.4) is 0 Å². The van der Waals surface area contributed by atoms with Crippen molar-refractivity contribution in [3.8, 4) is 0 Å². The Morgan fingerprint density at radius 2 is 1.93 bits per heavy atom. The summed E-state index contributed by atoms with van der Waals surface area (Å²) in [6.45, 7) is 0. The van der Waals surface area contributed by atoms with E-state index in [0.29, 0.717) is 0 Å². The number of hydrogen-bond donors (Lipinski definition) is 2. The van der Waals surface area contributed by atoms with E-state index in [1.54, 1.807) is 0 Å². The van der Waals surface area contributed by atoms with Crippen molar-refractivity contribution < 1.29 is 26.7 Å². The predicted octanol–water partition coefficient (Wildman–Crippen LogP) is 0.705. The zero-order valence-corrected chi connectivity index (χ0v) is 7.00. The first-order chi connectivity index (χ1) is 8.68. The van der Waals surface area contributed by atoms with E-state index in [4.69, 9.17) is 17.1 Å². The van der Waals surface area contributed by atoms with Crippen LogP contribution in [0.5, 0.6) is 0 Å². The van der Waals surface area contributed by atoms with Crippen LogP contribution in [0.4, 0.5) is 0 Å². The highest BCUT2D eigenvalue weighted by molar-refractivity contribution is 5.98. The zero-order chi connectivity index (χ0) is 14.9. The molecule has 74 valence electrons. The van der Waals surface area contributed by atoms with Gasteiger partial charge in [-0.3, -0.25) is 4.79 Å². The highest BCUT2D eigenvalue weighted by atomic mass is 16.4. The first-order valence-corrected chi connectivity index (χ1v) is 3.69. The van der Waals surface area contributed by atoms with Crippen LogP contribution in [0.25, 0.3) is 0 Å². The van der Waals surface area contributed by atoms with Crippen molar-refractivity contribution in [2.24, 2.45) is 0 Å². The normalized spacial score (nSPS) is 17.1. The minimum absolute atomic E-state index is 0.619. The second kappa shape index (κ2) is 4.53. The summed E-state index contributed by atoms with van der Waals surface area (Å²) >= 11 is 0. The minimum atomic E-state index is -1.98. The Labute approximate surface area is 87.8 Å². The number of carboxylic acid groups (broad SMARTS) is 1. The van der Waals surface area contributed by atoms with Gasteiger partial charge in [-0.2, -0.15) is 0 Å². The lowest BCUT2D eigenvalue weighted by Crippen LogP contribution is -2.23. The maximum Gasteiger partial charge on any atom is 0.332 e. The standard InChI is InChI=1S/C10H10O4/c11-8(6-9(12)10(13)14)7-4-2-1-3-5-7/h1-5,9,12H,6H2,(H,13,14)/t9-/m1/s1/i1D,2D,3D,4D,5D. The van der Waals surface area contributed by atoms with Crippen molar-refractivity contribution in [1.29, 1.82) is 0 Å². The van der Waals surface area contributed by atoms with Crippen LogP contribution in [-0.4, -0.2) is 28.1 Å². The Kier molecular flexibility index (Phi) is 1.70. The molecule has 0 aliphatic rings. The molecule has 0 amide bonds. The van der Waals surface area contributed by atoms with Gasteiger partial charge in [-0.15, -0.1) is 0 Å². The van der Waals surface area contributed by atoms with E-state index in [1.165, 1.54) is 0 Å². The molecule has 1 atom stereocenters. The van der Waals surface area contributed by atoms with Crippen molar-refractivity contribution in [2.45, 2.75) is 12.5 Å². The van der Waals surface area contributed by atoms with Gasteiger partial charge in [0.1, 0.15) is 0 Å². The summed E-state index contributed by atoms with van der Waals surface area (Å²) in [6, 6.07) is -3.45. The average Bonchev–Trinajstić information content (AvgIpc) is 2.34. The van der Waals surface area contributed by atoms with Gasteiger partial charge >= 0.3 is 5.97 Å². The quantitative estimate of drug-likeness (QED) is 0.700. The molecular formula is C10H10O4. The monoisotopic (exact) mass is 199 g/mol. The summed E-state index contributed by atoms with van der Waals surface area (Å²) in [4.78, 5) is 22.1. The van der Waals surface area contributed by atoms with Crippen molar-refractivity contribution in [2.75, 3.05) is 0 Å². The number of aliphatic hydroxyl groups excluding tert-OH is 1. The lowest BCUT2D eigenvalue weighted by atomic mass is 10.1. The van der Waals surface area contributed by atoms with Crippen LogP contribution in [-0.2, 0) is 4.79 Å². The molecule has 0 radical (unpaired) electrons. The Hall–Kier alpha value is -1.68. The molecule has 0 heterocycles. The third kappa shape index (κ3) is 2.67. The van der Waals surface area contributed by atoms with Gasteiger partial charge in [0.2, 0.25) is 0 Å². The molecule has 1 aromatic rings. The Bertz CT molecular complexity index is 528. The van der Waals surface area contributed by atoms with E-state index >= 15 is 0 Å². The van der Waals surface area contributed by atoms with E-state index in [9.17, 15) is 9.59 Å². The summed E-state index contributed by atoms with van der Waals surface area (Å²) in [7, 11) is 0. The number of carboxylic acids is 1. The molecule has 2 N–H and O–H groups in total. The zero-order valence-electron chi connectivity index (χ0n) is 12.0. The second-order valence-electron chi connectivity index (χ2n) is 2.48. The predicted molar refractivity (Wildman–Crippen MR) is 49.0 cm³/mol. The van der Waals surface area contributed by atoms with Gasteiger partial charge in [0.25, 0.3) is 0 Å². The molecule has 0 fully saturated rings. The number of aliphatic hydroxyl groups is 1. The number of hydrogen-bond acceptors (Lipinski definition) is 3. The molecule has 14 heavy (non-hydrogen) atoms. The maximum atomic E-state index is 11.7. The molecule has 1 aromatic carbocycles. The first-order valence-electron chi connectivity index (χ1n) is 6.19. The molecule has 1 rings (SSSR count). The van der Waals surface area contributed by atoms with Crippen LogP contribution in [0, 0.1) is 0 Å². The van der Waals surface area contributed by atoms with Crippen LogP contribution >= 0.6 is 0 Å². The Balaban J connectivity index is 3.28. The summed E-state index contributed by atoms with van der Waals surface area (Å²) in [5.74, 6) is -2.65. The fourth-order valence-corrected chi connectivity index (χ4v) is 0.754. The number of ketones is 1. The highest BCUT2D eigenvalue weighted by Crippen LogP contribution is 2.05. The molecule has 4 nitrogen and oxygen atoms in total. The third-order valence-corrected chi connectivity index (χ3v) is 1.44. The number of carbonyl (C=O) groups excluding carboxylic acids is 1. The summed E-state index contributed by atoms with van der Waals surface area (Å²) in [6.07, 6.45) is -2.84. The van der Waals surface area contributed by atoms with Crippen molar-refractivity contribution in [3.05, 3.63) is 35.8 Å². The van der Waals surface area contributed by atoms with Crippen LogP contribution < -0.4 is 0 Å². The van der Waals surface area contributed by atoms with Gasteiger partial charge in [0, 0.05) is 12.0 Å². The van der Waals surface area contributed by atoms with Crippen LogP contribution in [0.15, 0.2) is 30.2 Å². The summed E-state index contributed by atoms with van der Waals surface area (Å²) in [5, 5.41) is 17.5. The topological polar surface area (TPSA) is 74.6 Å². The number of rotatable bonds is 4. The highest BCUT2D eigenvalue weighted by Gasteiger charge is 2.18. The molecular weight excluding hydrogens is 184 g/mol. The van der Waals surface area contributed by atoms with Crippen molar-refractivity contribution in [3.63, 3.8) is 0 Å². The Morgan fingerprint density at radius 1 is 1.36 bits per heavy atom. The fourth-order valence-electron chi connectivity index (χ4n) is 0.754. The number of aliphatic carboxylic acids is 1. The van der Waals surface area contributed by atoms with Crippen LogP contribution in [0.2, 0.25) is 0 Å². The van der Waals surface area contributed by atoms with E-state index in [0.717, 1.165) is 0 Å². The SMILES string of the molecule is [2H]c1c([2H])c([2H])c(C(=O)C[C@@H](O)C(=O)O)c([2H])c1[2H]. The molecule has 0 aromatic heterocycles. The number of Topliss-reactive ketones (excluding diaryl/α,β-unsaturated/α-hetero) is 1. The lowest BCUT2D eigenvalue weighted by molar-refractivity contribution is -0.146. The Morgan fingerprint density at radius 3 is 2.43 bits per heavy atom. The molecule has 0 saturated heterocycles. The van der Waals surface area contributed by atoms with Crippen molar-refractivity contribution in [1.82, 2.24) is 0 Å². The van der Waals surface area contributed by atoms with E-state index in [2.05, 4.69) is 0 Å². The maximum absolute atomic E-state index is 11.7. The molecule has 0 aliphatic carbocycles. The van der Waals surface area contributed by atoms with Gasteiger partial charge < -0.3 is 10.2 Å². The average molecular weight is 199 g/mol. The molecule has 0 saturated carbocycles. The summed E-state index contributed by atoms with van der Waals surface area (Å²) in [5.41, 5.74) is -0.619. The van der Waals surface area contributed by atoms with E-state index < -0.39 is 60.1 Å². The lowest BCUT2D eigenvalue weighted by Gasteiger charge is -2.03. The van der Waals surface area contributed by atoms with Crippen molar-refractivity contribution >= 4 is 11.8 Å². The first kappa shape index (κ1) is 5.26. The molecule has 0 bridgehead atoms. The fraction of sp³-hybridized carbons (Fsp3) is 0.200. The van der Waals surface area contributed by atoms with Gasteiger partial charge in [-0.1, -0.05) is 30.2 Å². The molecule has 0 aliphatic heterocycles. The molecule has 0 unspecified atom stereocenters. The number of benzene rings is 1. The largest absolute Gasteiger partial charge is 0.479 e. The van der Waals surface area contributed by atoms with E-state index in [-0.39, 0.29) is 0 Å². The minimum Gasteiger partial charge on any atom is -0.479 e. The molecule has 0 spiro atoms. The van der Waals surface area contributed by atoms with Gasteiger partial charge in [-0.25, -0.2) is 4.79 Å². The van der Waals surface area contributed by atoms with Gasteiger partial charge in [0.15, 0.2) is 11.9 Å².